The molecule has 0 spiro atoms. The van der Waals surface area contributed by atoms with Gasteiger partial charge in [0.25, 0.3) is 5.22 Å². The molecule has 140 valence electrons. The number of hydrogen-bond acceptors (Lipinski definition) is 5. The smallest absolute Gasteiger partial charge is 0.277 e. The Bertz CT molecular complexity index is 759. The Kier molecular flexibility index (Phi) is 5.70. The highest BCUT2D eigenvalue weighted by Gasteiger charge is 2.32. The summed E-state index contributed by atoms with van der Waals surface area (Å²) in [4.78, 5) is 14.9. The minimum absolute atomic E-state index is 0.154. The topological polar surface area (TPSA) is 59.2 Å². The molecule has 0 aliphatic carbocycles. The average Bonchev–Trinajstić information content (AvgIpc) is 3.02. The van der Waals surface area contributed by atoms with Crippen molar-refractivity contribution in [2.45, 2.75) is 76.4 Å². The fourth-order valence-corrected chi connectivity index (χ4v) is 4.48. The van der Waals surface area contributed by atoms with Gasteiger partial charge in [0.15, 0.2) is 0 Å². The van der Waals surface area contributed by atoms with Crippen molar-refractivity contribution >= 4 is 17.7 Å². The Morgan fingerprint density at radius 1 is 1.15 bits per heavy atom. The zero-order valence-corrected chi connectivity index (χ0v) is 17.0. The van der Waals surface area contributed by atoms with Crippen LogP contribution in [0.5, 0.6) is 0 Å². The number of thioether (sulfide) groups is 1. The van der Waals surface area contributed by atoms with Crippen LogP contribution < -0.4 is 0 Å². The summed E-state index contributed by atoms with van der Waals surface area (Å²) in [6, 6.07) is 6.75. The standard InChI is InChI=1S/C20H27N3O2S/c1-12-9-13(2)11-17(10-12)18-21-22-20(25-18)26-16(5)19(24)23-14(3)7-6-8-15(23)4/h9-11,14-16H,6-8H2,1-5H3/t14-,15-,16-/m1/s1. The maximum atomic E-state index is 12.9. The third kappa shape index (κ3) is 4.11. The monoisotopic (exact) mass is 373 g/mol. The molecule has 6 heteroatoms. The minimum atomic E-state index is -0.245. The number of amides is 1. The fourth-order valence-electron chi connectivity index (χ4n) is 3.74. The fraction of sp³-hybridized carbons (Fsp3) is 0.550. The first-order valence-electron chi connectivity index (χ1n) is 9.26. The van der Waals surface area contributed by atoms with Gasteiger partial charge in [-0.15, -0.1) is 10.2 Å². The van der Waals surface area contributed by atoms with Crippen LogP contribution in [0.25, 0.3) is 11.5 Å². The van der Waals surface area contributed by atoms with Gasteiger partial charge >= 0.3 is 0 Å². The molecule has 3 rings (SSSR count). The van der Waals surface area contributed by atoms with Crippen molar-refractivity contribution in [1.29, 1.82) is 0 Å². The van der Waals surface area contributed by atoms with Crippen LogP contribution in [0, 0.1) is 13.8 Å². The molecule has 1 aromatic carbocycles. The van der Waals surface area contributed by atoms with Gasteiger partial charge < -0.3 is 9.32 Å². The number of hydrogen-bond donors (Lipinski definition) is 0. The van der Waals surface area contributed by atoms with Crippen LogP contribution in [0.4, 0.5) is 0 Å². The Hall–Kier alpha value is -1.82. The molecule has 2 aromatic rings. The van der Waals surface area contributed by atoms with Crippen molar-refractivity contribution < 1.29 is 9.21 Å². The molecule has 1 amide bonds. The van der Waals surface area contributed by atoms with Gasteiger partial charge in [-0.05, 0) is 66.0 Å². The van der Waals surface area contributed by atoms with Crippen molar-refractivity contribution in [3.8, 4) is 11.5 Å². The summed E-state index contributed by atoms with van der Waals surface area (Å²) < 4.78 is 5.81. The number of carbonyl (C=O) groups excluding carboxylic acids is 1. The first-order valence-corrected chi connectivity index (χ1v) is 10.1. The van der Waals surface area contributed by atoms with Gasteiger partial charge in [-0.2, -0.15) is 0 Å². The van der Waals surface area contributed by atoms with Gasteiger partial charge in [0.1, 0.15) is 0 Å². The van der Waals surface area contributed by atoms with Crippen molar-refractivity contribution in [3.05, 3.63) is 29.3 Å². The number of aryl methyl sites for hydroxylation is 2. The van der Waals surface area contributed by atoms with E-state index in [9.17, 15) is 4.79 Å². The molecule has 1 fully saturated rings. The van der Waals surface area contributed by atoms with Crippen LogP contribution in [0.2, 0.25) is 0 Å². The highest BCUT2D eigenvalue weighted by molar-refractivity contribution is 8.00. The van der Waals surface area contributed by atoms with Gasteiger partial charge in [0, 0.05) is 17.6 Å². The number of benzene rings is 1. The van der Waals surface area contributed by atoms with Crippen LogP contribution in [0.15, 0.2) is 27.8 Å². The Morgan fingerprint density at radius 3 is 2.38 bits per heavy atom. The normalized spacial score (nSPS) is 21.7. The van der Waals surface area contributed by atoms with Crippen molar-refractivity contribution in [3.63, 3.8) is 0 Å². The predicted molar refractivity (Wildman–Crippen MR) is 104 cm³/mol. The molecule has 5 nitrogen and oxygen atoms in total. The van der Waals surface area contributed by atoms with E-state index in [0.717, 1.165) is 29.5 Å². The van der Waals surface area contributed by atoms with Crippen LogP contribution in [0.1, 0.15) is 51.2 Å². The SMILES string of the molecule is Cc1cc(C)cc(-c2nnc(S[C@H](C)C(=O)N3[C@H](C)CCC[C@H]3C)o2)c1. The molecule has 2 heterocycles. The summed E-state index contributed by atoms with van der Waals surface area (Å²) >= 11 is 1.34. The first-order chi connectivity index (χ1) is 12.3. The number of aromatic nitrogens is 2. The van der Waals surface area contributed by atoms with E-state index in [2.05, 4.69) is 30.1 Å². The summed E-state index contributed by atoms with van der Waals surface area (Å²) in [5, 5.41) is 8.49. The Labute approximate surface area is 159 Å². The molecule has 1 saturated heterocycles. The number of rotatable bonds is 4. The van der Waals surface area contributed by atoms with Crippen molar-refractivity contribution in [1.82, 2.24) is 15.1 Å². The molecule has 0 unspecified atom stereocenters. The summed E-state index contributed by atoms with van der Waals surface area (Å²) in [6.45, 7) is 10.3. The van der Waals surface area contributed by atoms with Crippen LogP contribution in [-0.4, -0.2) is 38.3 Å². The van der Waals surface area contributed by atoms with E-state index >= 15 is 0 Å². The predicted octanol–water partition coefficient (Wildman–Crippen LogP) is 4.62. The second kappa shape index (κ2) is 7.82. The number of piperidine rings is 1. The largest absolute Gasteiger partial charge is 0.411 e. The number of carbonyl (C=O) groups is 1. The van der Waals surface area contributed by atoms with E-state index in [1.807, 2.05) is 37.8 Å². The maximum absolute atomic E-state index is 12.9. The molecular formula is C20H27N3O2S. The molecule has 3 atom stereocenters. The lowest BCUT2D eigenvalue weighted by Crippen LogP contribution is -2.50. The molecule has 1 aliphatic rings. The third-order valence-electron chi connectivity index (χ3n) is 4.95. The molecule has 0 radical (unpaired) electrons. The van der Waals surface area contributed by atoms with E-state index < -0.39 is 0 Å². The molecular weight excluding hydrogens is 346 g/mol. The quantitative estimate of drug-likeness (QED) is 0.732. The lowest BCUT2D eigenvalue weighted by atomic mass is 9.97. The lowest BCUT2D eigenvalue weighted by molar-refractivity contribution is -0.136. The summed E-state index contributed by atoms with van der Waals surface area (Å²) in [5.41, 5.74) is 3.23. The molecule has 0 bridgehead atoms. The first kappa shape index (κ1) is 19.0. The zero-order chi connectivity index (χ0) is 18.8. The second-order valence-electron chi connectivity index (χ2n) is 7.38. The number of nitrogens with zero attached hydrogens (tertiary/aromatic N) is 3. The summed E-state index contributed by atoms with van der Waals surface area (Å²) in [7, 11) is 0. The van der Waals surface area contributed by atoms with Crippen LogP contribution in [-0.2, 0) is 4.79 Å². The number of likely N-dealkylation sites (tertiary alicyclic amines) is 1. The van der Waals surface area contributed by atoms with Crippen molar-refractivity contribution in [2.75, 3.05) is 0 Å². The van der Waals surface area contributed by atoms with Gasteiger partial charge in [0.2, 0.25) is 11.8 Å². The van der Waals surface area contributed by atoms with Crippen LogP contribution in [0.3, 0.4) is 0 Å². The molecule has 0 saturated carbocycles. The maximum Gasteiger partial charge on any atom is 0.277 e. The molecule has 1 aliphatic heterocycles. The summed E-state index contributed by atoms with van der Waals surface area (Å²) in [6.07, 6.45) is 3.34. The molecule has 1 aromatic heterocycles. The van der Waals surface area contributed by atoms with Gasteiger partial charge in [0.05, 0.1) is 5.25 Å². The second-order valence-corrected chi connectivity index (χ2v) is 8.68. The van der Waals surface area contributed by atoms with E-state index in [4.69, 9.17) is 4.42 Å². The van der Waals surface area contributed by atoms with Gasteiger partial charge in [-0.25, -0.2) is 0 Å². The minimum Gasteiger partial charge on any atom is -0.411 e. The Balaban J connectivity index is 1.71. The van der Waals surface area contributed by atoms with E-state index in [-0.39, 0.29) is 11.2 Å². The lowest BCUT2D eigenvalue weighted by Gasteiger charge is -2.40. The van der Waals surface area contributed by atoms with Crippen LogP contribution >= 0.6 is 11.8 Å². The highest BCUT2D eigenvalue weighted by Crippen LogP contribution is 2.30. The van der Waals surface area contributed by atoms with Gasteiger partial charge in [-0.1, -0.05) is 29.0 Å². The van der Waals surface area contributed by atoms with E-state index in [1.165, 1.54) is 18.2 Å². The third-order valence-corrected chi connectivity index (χ3v) is 5.87. The highest BCUT2D eigenvalue weighted by atomic mass is 32.2. The molecule has 0 N–H and O–H groups in total. The molecule has 26 heavy (non-hydrogen) atoms. The van der Waals surface area contributed by atoms with E-state index in [1.54, 1.807) is 0 Å². The van der Waals surface area contributed by atoms with Crippen molar-refractivity contribution in [2.24, 2.45) is 0 Å². The van der Waals surface area contributed by atoms with Gasteiger partial charge in [-0.3, -0.25) is 4.79 Å². The Morgan fingerprint density at radius 2 is 1.77 bits per heavy atom. The van der Waals surface area contributed by atoms with E-state index in [0.29, 0.717) is 23.2 Å². The zero-order valence-electron chi connectivity index (χ0n) is 16.2. The summed E-state index contributed by atoms with van der Waals surface area (Å²) in [5.74, 6) is 0.652. The average molecular weight is 374 g/mol.